The third kappa shape index (κ3) is 4.28. The van der Waals surface area contributed by atoms with E-state index in [4.69, 9.17) is 11.6 Å². The molecule has 1 fully saturated rings. The molecule has 138 valence electrons. The Balaban J connectivity index is 1.55. The summed E-state index contributed by atoms with van der Waals surface area (Å²) in [7, 11) is 0. The fraction of sp³-hybridized carbons (Fsp3) is 0.350. The first-order chi connectivity index (χ1) is 12.4. The molecule has 0 spiro atoms. The molecule has 1 N–H and O–H groups in total. The summed E-state index contributed by atoms with van der Waals surface area (Å²) in [5.41, 5.74) is 2.92. The minimum atomic E-state index is -0.420. The van der Waals surface area contributed by atoms with E-state index in [2.05, 4.69) is 24.1 Å². The molecule has 0 unspecified atom stereocenters. The summed E-state index contributed by atoms with van der Waals surface area (Å²) in [6.45, 7) is 6.85. The lowest BCUT2D eigenvalue weighted by Crippen LogP contribution is -2.50. The number of nitrogens with one attached hydrogen (secondary N) is 1. The molecule has 0 atom stereocenters. The van der Waals surface area contributed by atoms with E-state index in [0.29, 0.717) is 32.1 Å². The molecule has 0 radical (unpaired) electrons. The SMILES string of the molecule is CC(C)c1ccc(NC(=O)N2CCN(c3ccc(F)c(Cl)c3)CC2)cc1. The molecule has 2 aromatic rings. The Kier molecular flexibility index (Phi) is 5.67. The van der Waals surface area contributed by atoms with Crippen molar-refractivity contribution in [2.75, 3.05) is 36.4 Å². The van der Waals surface area contributed by atoms with Crippen LogP contribution >= 0.6 is 11.6 Å². The van der Waals surface area contributed by atoms with E-state index in [9.17, 15) is 9.18 Å². The molecule has 0 aliphatic carbocycles. The maximum Gasteiger partial charge on any atom is 0.321 e. The van der Waals surface area contributed by atoms with Gasteiger partial charge in [-0.1, -0.05) is 37.6 Å². The van der Waals surface area contributed by atoms with E-state index in [0.717, 1.165) is 11.4 Å². The average molecular weight is 376 g/mol. The minimum absolute atomic E-state index is 0.0981. The molecule has 3 rings (SSSR count). The lowest BCUT2D eigenvalue weighted by Gasteiger charge is -2.36. The number of carbonyl (C=O) groups is 1. The highest BCUT2D eigenvalue weighted by atomic mass is 35.5. The van der Waals surface area contributed by atoms with Gasteiger partial charge in [0, 0.05) is 37.6 Å². The molecule has 6 heteroatoms. The molecule has 1 heterocycles. The number of halogens is 2. The number of rotatable bonds is 3. The molecule has 2 aromatic carbocycles. The molecule has 4 nitrogen and oxygen atoms in total. The van der Waals surface area contributed by atoms with Gasteiger partial charge in [0.1, 0.15) is 5.82 Å². The summed E-state index contributed by atoms with van der Waals surface area (Å²) in [5.74, 6) is 0.0460. The molecule has 1 saturated heterocycles. The first-order valence-electron chi connectivity index (χ1n) is 8.80. The predicted molar refractivity (Wildman–Crippen MR) is 105 cm³/mol. The number of benzene rings is 2. The third-order valence-electron chi connectivity index (χ3n) is 4.66. The number of hydrogen-bond donors (Lipinski definition) is 1. The van der Waals surface area contributed by atoms with E-state index in [1.807, 2.05) is 24.3 Å². The van der Waals surface area contributed by atoms with Crippen LogP contribution in [0.4, 0.5) is 20.6 Å². The number of carbonyl (C=O) groups excluding carboxylic acids is 1. The minimum Gasteiger partial charge on any atom is -0.368 e. The zero-order valence-electron chi connectivity index (χ0n) is 15.0. The zero-order valence-corrected chi connectivity index (χ0v) is 15.8. The maximum absolute atomic E-state index is 13.3. The molecule has 0 bridgehead atoms. The fourth-order valence-corrected chi connectivity index (χ4v) is 3.18. The average Bonchev–Trinajstić information content (AvgIpc) is 2.64. The molecular formula is C20H23ClFN3O. The van der Waals surface area contributed by atoms with E-state index < -0.39 is 5.82 Å². The van der Waals surface area contributed by atoms with Gasteiger partial charge < -0.3 is 15.1 Å². The molecule has 1 aliphatic rings. The third-order valence-corrected chi connectivity index (χ3v) is 4.95. The van der Waals surface area contributed by atoms with Crippen molar-refractivity contribution in [2.45, 2.75) is 19.8 Å². The smallest absolute Gasteiger partial charge is 0.321 e. The molecule has 2 amide bonds. The number of urea groups is 1. The molecule has 0 saturated carbocycles. The van der Waals surface area contributed by atoms with Gasteiger partial charge >= 0.3 is 6.03 Å². The van der Waals surface area contributed by atoms with Crippen molar-refractivity contribution in [1.82, 2.24) is 4.90 Å². The second-order valence-corrected chi connectivity index (χ2v) is 7.19. The molecule has 26 heavy (non-hydrogen) atoms. The highest BCUT2D eigenvalue weighted by Gasteiger charge is 2.21. The lowest BCUT2D eigenvalue weighted by molar-refractivity contribution is 0.208. The van der Waals surface area contributed by atoms with Gasteiger partial charge in [-0.25, -0.2) is 9.18 Å². The Morgan fingerprint density at radius 2 is 1.73 bits per heavy atom. The van der Waals surface area contributed by atoms with Gasteiger partial charge in [0.2, 0.25) is 0 Å². The van der Waals surface area contributed by atoms with Crippen molar-refractivity contribution in [3.63, 3.8) is 0 Å². The van der Waals surface area contributed by atoms with Crippen LogP contribution in [-0.2, 0) is 0 Å². The van der Waals surface area contributed by atoms with E-state index in [1.54, 1.807) is 17.0 Å². The second kappa shape index (κ2) is 7.96. The maximum atomic E-state index is 13.3. The molecular weight excluding hydrogens is 353 g/mol. The van der Waals surface area contributed by atoms with Gasteiger partial charge in [0.25, 0.3) is 0 Å². The van der Waals surface area contributed by atoms with Gasteiger partial charge in [0.05, 0.1) is 5.02 Å². The Morgan fingerprint density at radius 3 is 2.31 bits per heavy atom. The Labute approximate surface area is 158 Å². The van der Waals surface area contributed by atoms with Gasteiger partial charge in [-0.3, -0.25) is 0 Å². The van der Waals surface area contributed by atoms with Crippen molar-refractivity contribution in [3.05, 3.63) is 58.9 Å². The van der Waals surface area contributed by atoms with Crippen molar-refractivity contribution in [3.8, 4) is 0 Å². The Hall–Kier alpha value is -2.27. The predicted octanol–water partition coefficient (Wildman–Crippen LogP) is 4.96. The summed E-state index contributed by atoms with van der Waals surface area (Å²) in [6.07, 6.45) is 0. The number of piperazine rings is 1. The Bertz CT molecular complexity index is 771. The summed E-state index contributed by atoms with van der Waals surface area (Å²) >= 11 is 5.86. The monoisotopic (exact) mass is 375 g/mol. The summed E-state index contributed by atoms with van der Waals surface area (Å²) in [4.78, 5) is 16.3. The van der Waals surface area contributed by atoms with Crippen LogP contribution in [0, 0.1) is 5.82 Å². The molecule has 0 aromatic heterocycles. The van der Waals surface area contributed by atoms with Gasteiger partial charge in [-0.05, 0) is 41.8 Å². The van der Waals surface area contributed by atoms with Crippen LogP contribution in [0.15, 0.2) is 42.5 Å². The number of anilines is 2. The van der Waals surface area contributed by atoms with Gasteiger partial charge in [-0.15, -0.1) is 0 Å². The number of nitrogens with zero attached hydrogens (tertiary/aromatic N) is 2. The lowest BCUT2D eigenvalue weighted by atomic mass is 10.0. The van der Waals surface area contributed by atoms with Gasteiger partial charge in [-0.2, -0.15) is 0 Å². The van der Waals surface area contributed by atoms with Crippen LogP contribution in [0.5, 0.6) is 0 Å². The highest BCUT2D eigenvalue weighted by molar-refractivity contribution is 6.31. The van der Waals surface area contributed by atoms with Gasteiger partial charge in [0.15, 0.2) is 0 Å². The summed E-state index contributed by atoms with van der Waals surface area (Å²) < 4.78 is 13.3. The first-order valence-corrected chi connectivity index (χ1v) is 9.17. The van der Waals surface area contributed by atoms with Crippen LogP contribution in [0.1, 0.15) is 25.3 Å². The highest BCUT2D eigenvalue weighted by Crippen LogP contribution is 2.24. The van der Waals surface area contributed by atoms with Crippen molar-refractivity contribution < 1.29 is 9.18 Å². The zero-order chi connectivity index (χ0) is 18.7. The quantitative estimate of drug-likeness (QED) is 0.823. The van der Waals surface area contributed by atoms with E-state index >= 15 is 0 Å². The van der Waals surface area contributed by atoms with E-state index in [-0.39, 0.29) is 11.1 Å². The standard InChI is InChI=1S/C20H23ClFN3O/c1-14(2)15-3-5-16(6-4-15)23-20(26)25-11-9-24(10-12-25)17-7-8-19(22)18(21)13-17/h3-8,13-14H,9-12H2,1-2H3,(H,23,26). The number of amides is 2. The van der Waals surface area contributed by atoms with Crippen LogP contribution in [-0.4, -0.2) is 37.1 Å². The molecule has 1 aliphatic heterocycles. The van der Waals surface area contributed by atoms with E-state index in [1.165, 1.54) is 11.6 Å². The summed E-state index contributed by atoms with van der Waals surface area (Å²) in [5, 5.41) is 3.06. The van der Waals surface area contributed by atoms with Crippen LogP contribution < -0.4 is 10.2 Å². The van der Waals surface area contributed by atoms with Crippen LogP contribution in [0.2, 0.25) is 5.02 Å². The Morgan fingerprint density at radius 1 is 1.08 bits per heavy atom. The topological polar surface area (TPSA) is 35.6 Å². The normalized spacial score (nSPS) is 14.7. The largest absolute Gasteiger partial charge is 0.368 e. The van der Waals surface area contributed by atoms with Crippen LogP contribution in [0.25, 0.3) is 0 Å². The second-order valence-electron chi connectivity index (χ2n) is 6.78. The first kappa shape index (κ1) is 18.5. The van der Waals surface area contributed by atoms with Crippen molar-refractivity contribution >= 4 is 29.0 Å². The summed E-state index contributed by atoms with van der Waals surface area (Å²) in [6, 6.07) is 12.6. The fourth-order valence-electron chi connectivity index (χ4n) is 3.00. The van der Waals surface area contributed by atoms with Crippen molar-refractivity contribution in [2.24, 2.45) is 0 Å². The van der Waals surface area contributed by atoms with Crippen LogP contribution in [0.3, 0.4) is 0 Å². The van der Waals surface area contributed by atoms with Crippen molar-refractivity contribution in [1.29, 1.82) is 0 Å². The number of hydrogen-bond acceptors (Lipinski definition) is 2.